The highest BCUT2D eigenvalue weighted by molar-refractivity contribution is 5.90. The number of nitrogens with zero attached hydrogens (tertiary/aromatic N) is 2. The molecule has 4 saturated carbocycles. The Hall–Kier alpha value is -1.98. The van der Waals surface area contributed by atoms with Crippen molar-refractivity contribution in [3.05, 3.63) is 42.4 Å². The molecule has 2 aromatic rings. The van der Waals surface area contributed by atoms with E-state index in [-0.39, 0.29) is 17.2 Å². The van der Waals surface area contributed by atoms with Crippen LogP contribution in [-0.4, -0.2) is 36.7 Å². The number of hydrogen-bond acceptors (Lipinski definition) is 4. The molecule has 0 radical (unpaired) electrons. The van der Waals surface area contributed by atoms with E-state index in [0.29, 0.717) is 31.6 Å². The maximum absolute atomic E-state index is 13.7. The minimum Gasteiger partial charge on any atom is -0.390 e. The van der Waals surface area contributed by atoms with Crippen LogP contribution in [0, 0.1) is 16.7 Å². The quantitative estimate of drug-likeness (QED) is 0.880. The predicted molar refractivity (Wildman–Crippen MR) is 96.8 cm³/mol. The Morgan fingerprint density at radius 2 is 2.04 bits per heavy atom. The van der Waals surface area contributed by atoms with Crippen LogP contribution in [0.1, 0.15) is 50.1 Å². The number of ketones is 1. The Bertz CT molecular complexity index is 1050. The highest BCUT2D eigenvalue weighted by Crippen LogP contribution is 2.89. The maximum atomic E-state index is 13.7. The number of aliphatic hydroxyl groups is 2. The van der Waals surface area contributed by atoms with E-state index in [1.54, 1.807) is 0 Å². The van der Waals surface area contributed by atoms with Gasteiger partial charge in [0.25, 0.3) is 0 Å². The van der Waals surface area contributed by atoms with E-state index in [1.165, 1.54) is 5.56 Å². The third-order valence-corrected chi connectivity index (χ3v) is 8.93. The lowest BCUT2D eigenvalue weighted by molar-refractivity contribution is -0.320. The molecule has 1 aliphatic heterocycles. The van der Waals surface area contributed by atoms with E-state index in [4.69, 9.17) is 0 Å². The molecule has 2 bridgehead atoms. The third-order valence-electron chi connectivity index (χ3n) is 8.93. The second-order valence-corrected chi connectivity index (χ2v) is 9.86. The van der Waals surface area contributed by atoms with Crippen LogP contribution in [0.4, 0.5) is 0 Å². The summed E-state index contributed by atoms with van der Waals surface area (Å²) < 4.78 is 2.11. The van der Waals surface area contributed by atoms with Gasteiger partial charge in [-0.05, 0) is 37.2 Å². The molecular formula is C22H22N2O3. The van der Waals surface area contributed by atoms with Crippen LogP contribution in [0.2, 0.25) is 0 Å². The van der Waals surface area contributed by atoms with Gasteiger partial charge in [-0.15, -0.1) is 0 Å². The molecule has 4 aliphatic carbocycles. The molecule has 138 valence electrons. The first-order chi connectivity index (χ1) is 12.9. The molecule has 5 nitrogen and oxygen atoms in total. The molecule has 4 fully saturated rings. The lowest BCUT2D eigenvalue weighted by Crippen LogP contribution is -2.78. The zero-order valence-electron chi connectivity index (χ0n) is 15.1. The fourth-order valence-electron chi connectivity index (χ4n) is 8.29. The van der Waals surface area contributed by atoms with Crippen LogP contribution < -0.4 is 0 Å². The SMILES string of the molecule is O=C(CC1c2ccccc2-c2cncn21)C12CC3CC4(O)CC(O)(C1)CC342. The molecule has 1 spiro atoms. The molecule has 1 aromatic heterocycles. The number of carbonyl (C=O) groups is 1. The Kier molecular flexibility index (Phi) is 2.25. The van der Waals surface area contributed by atoms with Crippen molar-refractivity contribution in [1.82, 2.24) is 9.55 Å². The summed E-state index contributed by atoms with van der Waals surface area (Å²) in [6.07, 6.45) is 7.34. The number of imidazole rings is 1. The van der Waals surface area contributed by atoms with Gasteiger partial charge < -0.3 is 14.8 Å². The van der Waals surface area contributed by atoms with Gasteiger partial charge in [-0.2, -0.15) is 0 Å². The van der Waals surface area contributed by atoms with Crippen molar-refractivity contribution in [3.63, 3.8) is 0 Å². The van der Waals surface area contributed by atoms with Crippen LogP contribution in [0.3, 0.4) is 0 Å². The van der Waals surface area contributed by atoms with Crippen LogP contribution >= 0.6 is 0 Å². The van der Waals surface area contributed by atoms with Crippen molar-refractivity contribution in [3.8, 4) is 11.3 Å². The van der Waals surface area contributed by atoms with Crippen molar-refractivity contribution < 1.29 is 15.0 Å². The van der Waals surface area contributed by atoms with E-state index in [2.05, 4.69) is 21.7 Å². The number of rotatable bonds is 3. The number of fused-ring (bicyclic) bond motifs is 4. The summed E-state index contributed by atoms with van der Waals surface area (Å²) >= 11 is 0. The van der Waals surface area contributed by atoms with E-state index in [0.717, 1.165) is 24.1 Å². The van der Waals surface area contributed by atoms with Gasteiger partial charge in [0.15, 0.2) is 0 Å². The summed E-state index contributed by atoms with van der Waals surface area (Å²) in [4.78, 5) is 18.0. The molecule has 6 unspecified atom stereocenters. The van der Waals surface area contributed by atoms with Gasteiger partial charge in [-0.1, -0.05) is 24.3 Å². The summed E-state index contributed by atoms with van der Waals surface area (Å²) in [5, 5.41) is 22.1. The molecule has 5 heteroatoms. The van der Waals surface area contributed by atoms with E-state index >= 15 is 0 Å². The second-order valence-electron chi connectivity index (χ2n) is 9.86. The molecule has 5 aliphatic rings. The zero-order chi connectivity index (χ0) is 18.2. The maximum Gasteiger partial charge on any atom is 0.142 e. The molecule has 7 rings (SSSR count). The van der Waals surface area contributed by atoms with Crippen molar-refractivity contribution >= 4 is 5.78 Å². The summed E-state index contributed by atoms with van der Waals surface area (Å²) in [6, 6.07) is 8.21. The minimum atomic E-state index is -0.844. The van der Waals surface area contributed by atoms with E-state index in [9.17, 15) is 15.0 Å². The average Bonchev–Trinajstić information content (AvgIpc) is 3.30. The number of Topliss-reactive ketones (excluding diaryl/α,β-unsaturated/α-hetero) is 1. The van der Waals surface area contributed by atoms with Gasteiger partial charge in [0, 0.05) is 29.2 Å². The van der Waals surface area contributed by atoms with Crippen molar-refractivity contribution in [2.75, 3.05) is 0 Å². The number of benzene rings is 1. The first kappa shape index (κ1) is 15.0. The Balaban J connectivity index is 1.29. The van der Waals surface area contributed by atoms with Crippen molar-refractivity contribution in [2.45, 2.75) is 55.8 Å². The van der Waals surface area contributed by atoms with E-state index in [1.807, 2.05) is 24.7 Å². The van der Waals surface area contributed by atoms with Gasteiger partial charge >= 0.3 is 0 Å². The molecule has 0 amide bonds. The highest BCUT2D eigenvalue weighted by Gasteiger charge is 2.91. The molecule has 0 saturated heterocycles. The lowest BCUT2D eigenvalue weighted by Gasteiger charge is -2.75. The topological polar surface area (TPSA) is 75.4 Å². The number of aromatic nitrogens is 2. The summed E-state index contributed by atoms with van der Waals surface area (Å²) in [5.41, 5.74) is 0.880. The number of hydrogen-bond donors (Lipinski definition) is 2. The monoisotopic (exact) mass is 362 g/mol. The normalized spacial score (nSPS) is 47.0. The van der Waals surface area contributed by atoms with E-state index < -0.39 is 16.6 Å². The highest BCUT2D eigenvalue weighted by atomic mass is 16.3. The minimum absolute atomic E-state index is 0.0297. The molecule has 1 aromatic carbocycles. The predicted octanol–water partition coefficient (Wildman–Crippen LogP) is 2.47. The van der Waals surface area contributed by atoms with Gasteiger partial charge in [0.1, 0.15) is 5.78 Å². The first-order valence-electron chi connectivity index (χ1n) is 10.0. The molecule has 2 N–H and O–H groups in total. The molecule has 6 atom stereocenters. The van der Waals surface area contributed by atoms with Gasteiger partial charge in [-0.3, -0.25) is 4.79 Å². The van der Waals surface area contributed by atoms with Crippen LogP contribution in [0.5, 0.6) is 0 Å². The largest absolute Gasteiger partial charge is 0.390 e. The lowest BCUT2D eigenvalue weighted by atomic mass is 9.29. The Labute approximate surface area is 157 Å². The van der Waals surface area contributed by atoms with Gasteiger partial charge in [0.2, 0.25) is 0 Å². The average molecular weight is 362 g/mol. The smallest absolute Gasteiger partial charge is 0.142 e. The standard InChI is InChI=1S/C22H22N2O3/c25-18(5-16-14-3-1-2-4-15(14)17-8-23-12-24(16)17)20-6-13-7-21(27)10-19(26,9-20)11-22(13,20)21/h1-4,8,12-13,16,26-27H,5-7,9-11H2. The van der Waals surface area contributed by atoms with Crippen LogP contribution in [-0.2, 0) is 4.79 Å². The van der Waals surface area contributed by atoms with Gasteiger partial charge in [-0.25, -0.2) is 4.98 Å². The Morgan fingerprint density at radius 1 is 1.19 bits per heavy atom. The fraction of sp³-hybridized carbons (Fsp3) is 0.545. The fourth-order valence-corrected chi connectivity index (χ4v) is 8.29. The second kappa shape index (κ2) is 4.06. The molecule has 27 heavy (non-hydrogen) atoms. The van der Waals surface area contributed by atoms with Gasteiger partial charge in [0.05, 0.1) is 35.5 Å². The zero-order valence-corrected chi connectivity index (χ0v) is 15.1. The Morgan fingerprint density at radius 3 is 2.85 bits per heavy atom. The first-order valence-corrected chi connectivity index (χ1v) is 10.0. The molecule has 2 heterocycles. The van der Waals surface area contributed by atoms with Crippen molar-refractivity contribution in [1.29, 1.82) is 0 Å². The number of carbonyl (C=O) groups excluding carboxylic acids is 1. The van der Waals surface area contributed by atoms with Crippen LogP contribution in [0.25, 0.3) is 11.3 Å². The summed E-state index contributed by atoms with van der Waals surface area (Å²) in [7, 11) is 0. The molecular weight excluding hydrogens is 340 g/mol. The van der Waals surface area contributed by atoms with Crippen LogP contribution in [0.15, 0.2) is 36.8 Å². The summed E-state index contributed by atoms with van der Waals surface area (Å²) in [6.45, 7) is 0. The van der Waals surface area contributed by atoms with Crippen molar-refractivity contribution in [2.24, 2.45) is 16.7 Å². The summed E-state index contributed by atoms with van der Waals surface area (Å²) in [5.74, 6) is 0.650. The third kappa shape index (κ3) is 1.35.